The number of fused-ring (bicyclic) bond motifs is 3. The van der Waals surface area contributed by atoms with Gasteiger partial charge in [0.25, 0.3) is 0 Å². The third kappa shape index (κ3) is 2.20. The minimum atomic E-state index is 0.168. The number of aromatic nitrogens is 1. The van der Waals surface area contributed by atoms with Gasteiger partial charge in [-0.05, 0) is 37.8 Å². The van der Waals surface area contributed by atoms with Gasteiger partial charge in [0, 0.05) is 24.6 Å². The summed E-state index contributed by atoms with van der Waals surface area (Å²) in [5.74, 6) is 0.168. The zero-order chi connectivity index (χ0) is 15.1. The van der Waals surface area contributed by atoms with Gasteiger partial charge >= 0.3 is 0 Å². The second-order valence-electron chi connectivity index (χ2n) is 6.32. The Hall–Kier alpha value is -1.88. The molecule has 1 amide bonds. The van der Waals surface area contributed by atoms with Gasteiger partial charge in [-0.25, -0.2) is 0 Å². The van der Waals surface area contributed by atoms with Gasteiger partial charge in [-0.3, -0.25) is 4.79 Å². The van der Waals surface area contributed by atoms with Gasteiger partial charge in [0.05, 0.1) is 12.5 Å². The lowest BCUT2D eigenvalue weighted by atomic mass is 9.99. The number of carbonyl (C=O) groups excluding carboxylic acids is 1. The van der Waals surface area contributed by atoms with Crippen LogP contribution < -0.4 is 0 Å². The molecular formula is C17H20N2O3. The molecule has 5 heteroatoms. The van der Waals surface area contributed by atoms with Crippen molar-refractivity contribution in [3.8, 4) is 0 Å². The van der Waals surface area contributed by atoms with Crippen molar-refractivity contribution in [3.63, 3.8) is 0 Å². The summed E-state index contributed by atoms with van der Waals surface area (Å²) in [7, 11) is 1.77. The first-order valence-electron chi connectivity index (χ1n) is 7.93. The van der Waals surface area contributed by atoms with Gasteiger partial charge in [-0.1, -0.05) is 17.3 Å². The Labute approximate surface area is 129 Å². The monoisotopic (exact) mass is 300 g/mol. The Bertz CT molecular complexity index is 682. The SMILES string of the molecule is COC1CC2CCC(C1)N2C(=O)Cc1noc2ccccc12. The fourth-order valence-electron chi connectivity index (χ4n) is 4.03. The molecule has 2 aliphatic rings. The number of hydrogen-bond acceptors (Lipinski definition) is 4. The summed E-state index contributed by atoms with van der Waals surface area (Å²) in [6.07, 6.45) is 4.72. The predicted octanol–water partition coefficient (Wildman–Crippen LogP) is 2.54. The molecule has 1 aromatic carbocycles. The van der Waals surface area contributed by atoms with Crippen LogP contribution in [0.5, 0.6) is 0 Å². The summed E-state index contributed by atoms with van der Waals surface area (Å²) in [6, 6.07) is 8.35. The van der Waals surface area contributed by atoms with Crippen LogP contribution in [0.25, 0.3) is 11.0 Å². The molecule has 0 saturated carbocycles. The minimum absolute atomic E-state index is 0.168. The summed E-state index contributed by atoms with van der Waals surface area (Å²) < 4.78 is 10.8. The third-order valence-electron chi connectivity index (χ3n) is 5.08. The van der Waals surface area contributed by atoms with Gasteiger partial charge in [0.1, 0.15) is 5.69 Å². The van der Waals surface area contributed by atoms with E-state index in [1.807, 2.05) is 24.3 Å². The van der Waals surface area contributed by atoms with E-state index < -0.39 is 0 Å². The average molecular weight is 300 g/mol. The van der Waals surface area contributed by atoms with Crippen molar-refractivity contribution in [2.45, 2.75) is 50.3 Å². The second kappa shape index (κ2) is 5.39. The molecule has 2 unspecified atom stereocenters. The molecule has 116 valence electrons. The van der Waals surface area contributed by atoms with Crippen LogP contribution in [-0.2, 0) is 16.0 Å². The number of carbonyl (C=O) groups is 1. The van der Waals surface area contributed by atoms with E-state index in [2.05, 4.69) is 10.1 Å². The number of amides is 1. The van der Waals surface area contributed by atoms with Gasteiger partial charge in [-0.15, -0.1) is 0 Å². The Morgan fingerprint density at radius 1 is 1.32 bits per heavy atom. The lowest BCUT2D eigenvalue weighted by molar-refractivity contribution is -0.137. The highest BCUT2D eigenvalue weighted by Crippen LogP contribution is 2.37. The number of para-hydroxylation sites is 1. The Balaban J connectivity index is 1.53. The quantitative estimate of drug-likeness (QED) is 0.874. The normalized spacial score (nSPS) is 27.5. The number of piperidine rings is 1. The molecule has 1 aromatic heterocycles. The van der Waals surface area contributed by atoms with Crippen molar-refractivity contribution < 1.29 is 14.1 Å². The van der Waals surface area contributed by atoms with Crippen LogP contribution in [0.1, 0.15) is 31.4 Å². The van der Waals surface area contributed by atoms with E-state index in [1.165, 1.54) is 0 Å². The van der Waals surface area contributed by atoms with Crippen LogP contribution in [0.2, 0.25) is 0 Å². The Kier molecular flexibility index (Phi) is 3.37. The number of rotatable bonds is 3. The summed E-state index contributed by atoms with van der Waals surface area (Å²) in [5.41, 5.74) is 1.49. The maximum atomic E-state index is 12.8. The van der Waals surface area contributed by atoms with E-state index in [0.717, 1.165) is 42.3 Å². The fraction of sp³-hybridized carbons (Fsp3) is 0.529. The number of hydrogen-bond donors (Lipinski definition) is 0. The number of benzene rings is 1. The summed E-state index contributed by atoms with van der Waals surface area (Å²) in [4.78, 5) is 14.9. The van der Waals surface area contributed by atoms with Gasteiger partial charge in [0.2, 0.25) is 5.91 Å². The van der Waals surface area contributed by atoms with Crippen LogP contribution in [0, 0.1) is 0 Å². The molecule has 0 radical (unpaired) electrons. The van der Waals surface area contributed by atoms with Crippen molar-refractivity contribution in [1.82, 2.24) is 10.1 Å². The topological polar surface area (TPSA) is 55.6 Å². The van der Waals surface area contributed by atoms with Crippen LogP contribution in [0.15, 0.2) is 28.8 Å². The van der Waals surface area contributed by atoms with Crippen LogP contribution in [0.3, 0.4) is 0 Å². The zero-order valence-electron chi connectivity index (χ0n) is 12.7. The maximum absolute atomic E-state index is 12.8. The van der Waals surface area contributed by atoms with Crippen molar-refractivity contribution in [1.29, 1.82) is 0 Å². The summed E-state index contributed by atoms with van der Waals surface area (Å²) >= 11 is 0. The first-order valence-corrected chi connectivity index (χ1v) is 7.93. The lowest BCUT2D eigenvalue weighted by Crippen LogP contribution is -2.49. The van der Waals surface area contributed by atoms with Gasteiger partial charge in [-0.2, -0.15) is 0 Å². The smallest absolute Gasteiger partial charge is 0.229 e. The molecule has 4 rings (SSSR count). The van der Waals surface area contributed by atoms with E-state index >= 15 is 0 Å². The molecule has 0 spiro atoms. The molecule has 0 aliphatic carbocycles. The lowest BCUT2D eigenvalue weighted by Gasteiger charge is -2.38. The Morgan fingerprint density at radius 3 is 2.77 bits per heavy atom. The van der Waals surface area contributed by atoms with Gasteiger partial charge in [0.15, 0.2) is 5.58 Å². The van der Waals surface area contributed by atoms with E-state index in [-0.39, 0.29) is 5.91 Å². The number of methoxy groups -OCH3 is 1. The molecule has 2 fully saturated rings. The van der Waals surface area contributed by atoms with E-state index in [4.69, 9.17) is 9.26 Å². The molecule has 2 aliphatic heterocycles. The molecule has 5 nitrogen and oxygen atoms in total. The maximum Gasteiger partial charge on any atom is 0.229 e. The Morgan fingerprint density at radius 2 is 2.05 bits per heavy atom. The molecule has 2 atom stereocenters. The fourth-order valence-corrected chi connectivity index (χ4v) is 4.03. The van der Waals surface area contributed by atoms with Crippen LogP contribution in [0.4, 0.5) is 0 Å². The molecule has 2 saturated heterocycles. The molecule has 0 N–H and O–H groups in total. The van der Waals surface area contributed by atoms with Crippen molar-refractivity contribution >= 4 is 16.9 Å². The van der Waals surface area contributed by atoms with E-state index in [0.29, 0.717) is 24.6 Å². The highest BCUT2D eigenvalue weighted by atomic mass is 16.5. The van der Waals surface area contributed by atoms with Crippen LogP contribution in [-0.4, -0.2) is 41.3 Å². The summed E-state index contributed by atoms with van der Waals surface area (Å²) in [6.45, 7) is 0. The predicted molar refractivity (Wildman–Crippen MR) is 81.4 cm³/mol. The van der Waals surface area contributed by atoms with Crippen molar-refractivity contribution in [2.24, 2.45) is 0 Å². The third-order valence-corrected chi connectivity index (χ3v) is 5.08. The average Bonchev–Trinajstić information content (AvgIpc) is 3.06. The number of ether oxygens (including phenoxy) is 1. The summed E-state index contributed by atoms with van der Waals surface area (Å²) in [5, 5.41) is 5.02. The van der Waals surface area contributed by atoms with Crippen LogP contribution >= 0.6 is 0 Å². The molecule has 22 heavy (non-hydrogen) atoms. The first kappa shape index (κ1) is 13.8. The van der Waals surface area contributed by atoms with E-state index in [9.17, 15) is 4.79 Å². The molecule has 3 heterocycles. The van der Waals surface area contributed by atoms with Gasteiger partial charge < -0.3 is 14.2 Å². The minimum Gasteiger partial charge on any atom is -0.381 e. The van der Waals surface area contributed by atoms with E-state index in [1.54, 1.807) is 7.11 Å². The second-order valence-corrected chi connectivity index (χ2v) is 6.32. The molecule has 2 aromatic rings. The number of nitrogens with zero attached hydrogens (tertiary/aromatic N) is 2. The largest absolute Gasteiger partial charge is 0.381 e. The molecule has 2 bridgehead atoms. The van der Waals surface area contributed by atoms with Crippen molar-refractivity contribution in [3.05, 3.63) is 30.0 Å². The first-order chi connectivity index (χ1) is 10.8. The molecular weight excluding hydrogens is 280 g/mol. The standard InChI is InChI=1S/C17H20N2O3/c1-21-13-8-11-6-7-12(9-13)19(11)17(20)10-15-14-4-2-3-5-16(14)22-18-15/h2-5,11-13H,6-10H2,1H3. The highest BCUT2D eigenvalue weighted by molar-refractivity contribution is 5.86. The highest BCUT2D eigenvalue weighted by Gasteiger charge is 2.43. The van der Waals surface area contributed by atoms with Crippen molar-refractivity contribution in [2.75, 3.05) is 7.11 Å². The zero-order valence-corrected chi connectivity index (χ0v) is 12.7.